The van der Waals surface area contributed by atoms with Gasteiger partial charge in [0.05, 0.1) is 17.7 Å². The molecule has 5 saturated heterocycles. The molecule has 0 aliphatic carbocycles. The van der Waals surface area contributed by atoms with Crippen molar-refractivity contribution >= 4 is 63.9 Å². The van der Waals surface area contributed by atoms with E-state index >= 15 is 0 Å². The number of nitrogens with zero attached hydrogens (tertiary/aromatic N) is 7. The van der Waals surface area contributed by atoms with Crippen molar-refractivity contribution in [3.05, 3.63) is 93.8 Å². The van der Waals surface area contributed by atoms with Crippen LogP contribution in [0.4, 0.5) is 22.7 Å². The largest absolute Gasteiger partial charge is 0.371 e. The number of rotatable bonds is 7. The second kappa shape index (κ2) is 14.2. The molecule has 0 aromatic heterocycles. The summed E-state index contributed by atoms with van der Waals surface area (Å²) in [6.45, 7) is 15.3. The second-order valence-corrected chi connectivity index (χ2v) is 17.1. The summed E-state index contributed by atoms with van der Waals surface area (Å²) < 4.78 is 0. The molecule has 0 saturated carbocycles. The number of likely N-dealkylation sites (N-methyl/N-ethyl adjacent to an activating group) is 1. The van der Waals surface area contributed by atoms with E-state index in [-0.39, 0.29) is 47.4 Å². The highest BCUT2D eigenvalue weighted by Crippen LogP contribution is 2.46. The molecular weight excluding hydrogens is 744 g/mol. The maximum absolute atomic E-state index is 13.4. The van der Waals surface area contributed by atoms with Gasteiger partial charge in [-0.3, -0.25) is 39.1 Å². The van der Waals surface area contributed by atoms with Crippen LogP contribution in [0.1, 0.15) is 70.1 Å². The quantitative estimate of drug-likeness (QED) is 0.266. The SMILES string of the molecule is [C-]#[N+]c1ccc(N2CC3(CCN(c4ccc(C(=O)N5CC(N(C)C6CN(c7ccc8c(c7)C(=O)N(C7CCC(=O)NC7=O)C8=O)C6)C5)cc4)CC3)C[C@@H]2C)cc1Cl. The Labute approximate surface area is 336 Å². The van der Waals surface area contributed by atoms with Gasteiger partial charge in [0.25, 0.3) is 17.7 Å². The number of carbonyl (C=O) groups is 5. The first kappa shape index (κ1) is 37.1. The summed E-state index contributed by atoms with van der Waals surface area (Å²) in [5, 5.41) is 2.74. The van der Waals surface area contributed by atoms with Crippen LogP contribution < -0.4 is 20.0 Å². The van der Waals surface area contributed by atoms with Gasteiger partial charge in [-0.05, 0) is 99.7 Å². The molecule has 0 bridgehead atoms. The first-order valence-electron chi connectivity index (χ1n) is 19.8. The van der Waals surface area contributed by atoms with E-state index in [2.05, 4.69) is 55.9 Å². The molecule has 1 spiro atoms. The van der Waals surface area contributed by atoms with E-state index in [4.69, 9.17) is 18.2 Å². The molecule has 1 N–H and O–H groups in total. The first-order chi connectivity index (χ1) is 27.4. The van der Waals surface area contributed by atoms with Crippen LogP contribution in [0.5, 0.6) is 0 Å². The molecule has 6 aliphatic rings. The molecule has 2 atom stereocenters. The Morgan fingerprint density at radius 1 is 0.860 bits per heavy atom. The molecule has 0 radical (unpaired) electrons. The predicted octanol–water partition coefficient (Wildman–Crippen LogP) is 4.82. The van der Waals surface area contributed by atoms with Crippen molar-refractivity contribution in [2.24, 2.45) is 5.41 Å². The van der Waals surface area contributed by atoms with E-state index in [1.165, 1.54) is 0 Å². The Bertz CT molecular complexity index is 2220. The van der Waals surface area contributed by atoms with Crippen molar-refractivity contribution in [2.45, 2.75) is 63.2 Å². The lowest BCUT2D eigenvalue weighted by Crippen LogP contribution is -2.68. The molecule has 294 valence electrons. The monoisotopic (exact) mass is 788 g/mol. The number of nitrogens with one attached hydrogen (secondary N) is 1. The van der Waals surface area contributed by atoms with Gasteiger partial charge < -0.3 is 19.6 Å². The van der Waals surface area contributed by atoms with Crippen LogP contribution in [0.15, 0.2) is 60.7 Å². The lowest BCUT2D eigenvalue weighted by molar-refractivity contribution is -0.136. The van der Waals surface area contributed by atoms with Crippen molar-refractivity contribution in [1.29, 1.82) is 0 Å². The zero-order chi connectivity index (χ0) is 39.7. The average Bonchev–Trinajstić information content (AvgIpc) is 3.61. The van der Waals surface area contributed by atoms with Gasteiger partial charge in [-0.2, -0.15) is 0 Å². The molecule has 6 heterocycles. The Kier molecular flexibility index (Phi) is 9.24. The summed E-state index contributed by atoms with van der Waals surface area (Å²) >= 11 is 6.38. The molecular formula is C43H45ClN8O5. The standard InChI is InChI=1S/C43H45ClN8O5/c1-26-20-43(25-51(26)30-9-11-36(45-2)35(44)19-30)14-16-48(17-15-43)28-6-4-27(5-7-28)40(55)50-23-32(24-50)47(3)31-21-49(22-31)29-8-10-33-34(18-29)42(57)52(41(33)56)37-12-13-38(53)46-39(37)54/h4-11,18-19,26,31-32,37H,12-17,20-25H2,1,3H3,(H,46,53,54)/t26-,37?/m0/s1. The van der Waals surface area contributed by atoms with Crippen molar-refractivity contribution in [1.82, 2.24) is 20.0 Å². The topological polar surface area (TPSA) is 121 Å². The fourth-order valence-electron chi connectivity index (χ4n) is 9.78. The maximum atomic E-state index is 13.4. The number of anilines is 3. The van der Waals surface area contributed by atoms with Gasteiger partial charge in [0.1, 0.15) is 6.04 Å². The normalized spacial score (nSPS) is 23.5. The molecule has 9 rings (SSSR count). The van der Waals surface area contributed by atoms with Gasteiger partial charge in [-0.1, -0.05) is 17.7 Å². The number of benzene rings is 3. The maximum Gasteiger partial charge on any atom is 0.262 e. The molecule has 13 nitrogen and oxygen atoms in total. The van der Waals surface area contributed by atoms with Gasteiger partial charge in [0, 0.05) is 98.0 Å². The van der Waals surface area contributed by atoms with Gasteiger partial charge >= 0.3 is 0 Å². The van der Waals surface area contributed by atoms with Gasteiger partial charge in [0.15, 0.2) is 0 Å². The summed E-state index contributed by atoms with van der Waals surface area (Å²) in [5.41, 5.74) is 5.07. The number of hydrogen-bond acceptors (Lipinski definition) is 9. The molecule has 14 heteroatoms. The Balaban J connectivity index is 0.738. The number of amides is 5. The van der Waals surface area contributed by atoms with Crippen molar-refractivity contribution in [2.75, 3.05) is 67.6 Å². The fraction of sp³-hybridized carbons (Fsp3) is 0.442. The minimum atomic E-state index is -0.985. The zero-order valence-electron chi connectivity index (χ0n) is 32.1. The third kappa shape index (κ3) is 6.48. The van der Waals surface area contributed by atoms with Crippen LogP contribution in [0, 0.1) is 12.0 Å². The van der Waals surface area contributed by atoms with Gasteiger partial charge in [-0.15, -0.1) is 0 Å². The minimum Gasteiger partial charge on any atom is -0.371 e. The molecule has 5 amide bonds. The smallest absolute Gasteiger partial charge is 0.262 e. The fourth-order valence-corrected chi connectivity index (χ4v) is 10.0. The first-order valence-corrected chi connectivity index (χ1v) is 20.2. The van der Waals surface area contributed by atoms with Crippen LogP contribution in [0.2, 0.25) is 5.02 Å². The lowest BCUT2D eigenvalue weighted by atomic mass is 9.76. The van der Waals surface area contributed by atoms with Crippen LogP contribution >= 0.6 is 11.6 Å². The second-order valence-electron chi connectivity index (χ2n) is 16.7. The van der Waals surface area contributed by atoms with Crippen molar-refractivity contribution < 1.29 is 24.0 Å². The molecule has 5 fully saturated rings. The Morgan fingerprint density at radius 2 is 1.53 bits per heavy atom. The summed E-state index contributed by atoms with van der Waals surface area (Å²) in [4.78, 5) is 79.6. The summed E-state index contributed by atoms with van der Waals surface area (Å²) in [5.74, 6) is -1.98. The number of imide groups is 2. The molecule has 57 heavy (non-hydrogen) atoms. The third-order valence-corrected chi connectivity index (χ3v) is 13.7. The number of halogens is 1. The van der Waals surface area contributed by atoms with Crippen molar-refractivity contribution in [3.8, 4) is 0 Å². The molecule has 1 unspecified atom stereocenters. The highest BCUT2D eigenvalue weighted by Gasteiger charge is 2.47. The lowest BCUT2D eigenvalue weighted by Gasteiger charge is -2.52. The van der Waals surface area contributed by atoms with Crippen LogP contribution in [-0.4, -0.2) is 121 Å². The number of likely N-dealkylation sites (tertiary alicyclic amines) is 1. The van der Waals surface area contributed by atoms with Crippen LogP contribution in [0.3, 0.4) is 0 Å². The molecule has 3 aromatic carbocycles. The predicted molar refractivity (Wildman–Crippen MR) is 216 cm³/mol. The van der Waals surface area contributed by atoms with E-state index in [9.17, 15) is 24.0 Å². The highest BCUT2D eigenvalue weighted by atomic mass is 35.5. The third-order valence-electron chi connectivity index (χ3n) is 13.4. The number of fused-ring (bicyclic) bond motifs is 1. The summed E-state index contributed by atoms with van der Waals surface area (Å²) in [7, 11) is 2.10. The van der Waals surface area contributed by atoms with Crippen LogP contribution in [-0.2, 0) is 9.59 Å². The van der Waals surface area contributed by atoms with Gasteiger partial charge in [0.2, 0.25) is 17.5 Å². The van der Waals surface area contributed by atoms with E-state index < -0.39 is 29.7 Å². The Hall–Kier alpha value is -5.45. The number of hydrogen-bond donors (Lipinski definition) is 1. The number of carbonyl (C=O) groups excluding carboxylic acids is 5. The highest BCUT2D eigenvalue weighted by molar-refractivity contribution is 6.33. The Morgan fingerprint density at radius 3 is 2.21 bits per heavy atom. The van der Waals surface area contributed by atoms with E-state index in [0.29, 0.717) is 35.4 Å². The zero-order valence-corrected chi connectivity index (χ0v) is 32.9. The van der Waals surface area contributed by atoms with E-state index in [0.717, 1.165) is 73.9 Å². The minimum absolute atomic E-state index is 0.0484. The molecule has 3 aromatic rings. The van der Waals surface area contributed by atoms with E-state index in [1.54, 1.807) is 12.1 Å². The van der Waals surface area contributed by atoms with Crippen molar-refractivity contribution in [3.63, 3.8) is 0 Å². The van der Waals surface area contributed by atoms with Crippen LogP contribution in [0.25, 0.3) is 4.85 Å². The summed E-state index contributed by atoms with van der Waals surface area (Å²) in [6, 6.07) is 19.0. The summed E-state index contributed by atoms with van der Waals surface area (Å²) in [6.07, 6.45) is 3.54. The van der Waals surface area contributed by atoms with Gasteiger partial charge in [-0.25, -0.2) is 4.85 Å². The van der Waals surface area contributed by atoms with E-state index in [1.807, 2.05) is 41.3 Å². The molecule has 6 aliphatic heterocycles. The number of piperidine rings is 2. The average molecular weight is 789 g/mol.